The Morgan fingerprint density at radius 3 is 2.30 bits per heavy atom. The Kier molecular flexibility index (Phi) is 3.13. The monoisotopic (exact) mass is 329 g/mol. The van der Waals surface area contributed by atoms with Crippen molar-refractivity contribution in [1.29, 1.82) is 0 Å². The van der Waals surface area contributed by atoms with Gasteiger partial charge in [-0.15, -0.1) is 0 Å². The summed E-state index contributed by atoms with van der Waals surface area (Å²) < 4.78 is 2.90. The molecule has 20 heavy (non-hydrogen) atoms. The third kappa shape index (κ3) is 2.04. The second-order valence-electron chi connectivity index (χ2n) is 5.24. The van der Waals surface area contributed by atoms with E-state index >= 15 is 0 Å². The molecule has 0 saturated heterocycles. The number of imidazole rings is 1. The SMILES string of the molecule is Cc1cc(C)c(C)c(-c2cn3cc(Br)cnc3n2)c1C. The second kappa shape index (κ2) is 4.70. The van der Waals surface area contributed by atoms with E-state index in [9.17, 15) is 0 Å². The number of halogens is 1. The minimum Gasteiger partial charge on any atom is -0.289 e. The first-order valence-electron chi connectivity index (χ1n) is 6.55. The highest BCUT2D eigenvalue weighted by atomic mass is 79.9. The Morgan fingerprint density at radius 2 is 1.65 bits per heavy atom. The van der Waals surface area contributed by atoms with Gasteiger partial charge in [0.15, 0.2) is 0 Å². The molecule has 0 amide bonds. The molecule has 102 valence electrons. The number of aryl methyl sites for hydroxylation is 2. The summed E-state index contributed by atoms with van der Waals surface area (Å²) in [6, 6.07) is 2.23. The number of aromatic nitrogens is 3. The zero-order valence-corrected chi connectivity index (χ0v) is 13.6. The number of benzene rings is 1. The number of rotatable bonds is 1. The Hall–Kier alpha value is -1.68. The molecule has 0 aliphatic rings. The number of fused-ring (bicyclic) bond motifs is 1. The lowest BCUT2D eigenvalue weighted by molar-refractivity contribution is 1.10. The first kappa shape index (κ1) is 13.3. The Morgan fingerprint density at radius 1 is 1.00 bits per heavy atom. The lowest BCUT2D eigenvalue weighted by Gasteiger charge is -2.13. The van der Waals surface area contributed by atoms with E-state index in [4.69, 9.17) is 0 Å². The van der Waals surface area contributed by atoms with Gasteiger partial charge in [0.05, 0.1) is 10.2 Å². The predicted molar refractivity (Wildman–Crippen MR) is 85.1 cm³/mol. The van der Waals surface area contributed by atoms with Gasteiger partial charge < -0.3 is 0 Å². The lowest BCUT2D eigenvalue weighted by Crippen LogP contribution is -1.95. The molecule has 2 heterocycles. The average Bonchev–Trinajstić information content (AvgIpc) is 2.79. The summed E-state index contributed by atoms with van der Waals surface area (Å²) in [5, 5.41) is 0. The zero-order valence-electron chi connectivity index (χ0n) is 12.0. The Labute approximate surface area is 126 Å². The van der Waals surface area contributed by atoms with Crippen molar-refractivity contribution >= 4 is 21.7 Å². The molecule has 0 bridgehead atoms. The average molecular weight is 330 g/mol. The van der Waals surface area contributed by atoms with Gasteiger partial charge in [0.25, 0.3) is 0 Å². The highest BCUT2D eigenvalue weighted by Crippen LogP contribution is 2.31. The third-order valence-corrected chi connectivity index (χ3v) is 4.31. The highest BCUT2D eigenvalue weighted by Gasteiger charge is 2.14. The number of hydrogen-bond acceptors (Lipinski definition) is 2. The molecule has 0 atom stereocenters. The minimum absolute atomic E-state index is 0.723. The molecule has 0 fully saturated rings. The summed E-state index contributed by atoms with van der Waals surface area (Å²) in [5.74, 6) is 0.723. The molecule has 3 nitrogen and oxygen atoms in total. The molecule has 1 aromatic carbocycles. The van der Waals surface area contributed by atoms with Gasteiger partial charge >= 0.3 is 0 Å². The van der Waals surface area contributed by atoms with E-state index in [1.54, 1.807) is 6.20 Å². The summed E-state index contributed by atoms with van der Waals surface area (Å²) >= 11 is 3.44. The summed E-state index contributed by atoms with van der Waals surface area (Å²) in [6.07, 6.45) is 5.79. The molecule has 2 aromatic heterocycles. The van der Waals surface area contributed by atoms with Gasteiger partial charge in [-0.2, -0.15) is 0 Å². The zero-order chi connectivity index (χ0) is 14.4. The van der Waals surface area contributed by atoms with Crippen LogP contribution >= 0.6 is 15.9 Å². The van der Waals surface area contributed by atoms with Crippen LogP contribution in [-0.4, -0.2) is 14.4 Å². The van der Waals surface area contributed by atoms with Crippen LogP contribution in [0.2, 0.25) is 0 Å². The van der Waals surface area contributed by atoms with Crippen LogP contribution in [0.15, 0.2) is 29.1 Å². The van der Waals surface area contributed by atoms with Crippen LogP contribution in [0.3, 0.4) is 0 Å². The topological polar surface area (TPSA) is 30.2 Å². The second-order valence-corrected chi connectivity index (χ2v) is 6.16. The molecule has 3 aromatic rings. The number of hydrogen-bond donors (Lipinski definition) is 0. The van der Waals surface area contributed by atoms with Crippen molar-refractivity contribution in [2.75, 3.05) is 0 Å². The molecule has 0 aliphatic carbocycles. The third-order valence-electron chi connectivity index (χ3n) is 3.90. The van der Waals surface area contributed by atoms with Crippen molar-refractivity contribution in [3.63, 3.8) is 0 Å². The van der Waals surface area contributed by atoms with E-state index in [1.165, 1.54) is 27.8 Å². The van der Waals surface area contributed by atoms with Crippen LogP contribution in [-0.2, 0) is 0 Å². The first-order chi connectivity index (χ1) is 9.47. The van der Waals surface area contributed by atoms with Gasteiger partial charge in [0.2, 0.25) is 5.78 Å². The van der Waals surface area contributed by atoms with Gasteiger partial charge in [0.1, 0.15) is 0 Å². The maximum Gasteiger partial charge on any atom is 0.234 e. The smallest absolute Gasteiger partial charge is 0.234 e. The molecule has 0 N–H and O–H groups in total. The maximum absolute atomic E-state index is 4.66. The van der Waals surface area contributed by atoms with Crippen molar-refractivity contribution in [3.8, 4) is 11.3 Å². The van der Waals surface area contributed by atoms with E-state index in [0.29, 0.717) is 0 Å². The van der Waals surface area contributed by atoms with E-state index < -0.39 is 0 Å². The normalized spacial score (nSPS) is 11.2. The van der Waals surface area contributed by atoms with Crippen LogP contribution < -0.4 is 0 Å². The fourth-order valence-corrected chi connectivity index (χ4v) is 2.90. The van der Waals surface area contributed by atoms with Crippen LogP contribution in [0.5, 0.6) is 0 Å². The first-order valence-corrected chi connectivity index (χ1v) is 7.34. The van der Waals surface area contributed by atoms with Crippen LogP contribution in [0, 0.1) is 27.7 Å². The predicted octanol–water partition coefficient (Wildman–Crippen LogP) is 4.39. The van der Waals surface area contributed by atoms with E-state index in [-0.39, 0.29) is 0 Å². The van der Waals surface area contributed by atoms with Gasteiger partial charge in [0, 0.05) is 24.2 Å². The molecule has 0 unspecified atom stereocenters. The fraction of sp³-hybridized carbons (Fsp3) is 0.250. The highest BCUT2D eigenvalue weighted by molar-refractivity contribution is 9.10. The summed E-state index contributed by atoms with van der Waals surface area (Å²) in [5.41, 5.74) is 7.39. The summed E-state index contributed by atoms with van der Waals surface area (Å²) in [6.45, 7) is 8.61. The molecular weight excluding hydrogens is 314 g/mol. The molecule has 0 radical (unpaired) electrons. The maximum atomic E-state index is 4.66. The fourth-order valence-electron chi connectivity index (χ4n) is 2.58. The van der Waals surface area contributed by atoms with Crippen molar-refractivity contribution in [2.45, 2.75) is 27.7 Å². The Balaban J connectivity index is 2.30. The number of nitrogens with zero attached hydrogens (tertiary/aromatic N) is 3. The molecule has 0 spiro atoms. The van der Waals surface area contributed by atoms with Crippen molar-refractivity contribution in [2.24, 2.45) is 0 Å². The lowest BCUT2D eigenvalue weighted by atomic mass is 9.93. The molecule has 0 aliphatic heterocycles. The molecular formula is C16H16BrN3. The van der Waals surface area contributed by atoms with Gasteiger partial charge in [-0.3, -0.25) is 4.40 Å². The van der Waals surface area contributed by atoms with Crippen LogP contribution in [0.25, 0.3) is 17.0 Å². The quantitative estimate of drug-likeness (QED) is 0.662. The summed E-state index contributed by atoms with van der Waals surface area (Å²) in [4.78, 5) is 9.00. The van der Waals surface area contributed by atoms with E-state index in [1.807, 2.05) is 16.8 Å². The molecule has 4 heteroatoms. The van der Waals surface area contributed by atoms with Crippen molar-refractivity contribution in [3.05, 3.63) is 51.4 Å². The molecule has 3 rings (SSSR count). The largest absolute Gasteiger partial charge is 0.289 e. The van der Waals surface area contributed by atoms with Gasteiger partial charge in [-0.25, -0.2) is 9.97 Å². The van der Waals surface area contributed by atoms with Crippen LogP contribution in [0.4, 0.5) is 0 Å². The van der Waals surface area contributed by atoms with Crippen molar-refractivity contribution in [1.82, 2.24) is 14.4 Å². The standard InChI is InChI=1S/C16H16BrN3/c1-9-5-10(2)12(4)15(11(9)3)14-8-20-7-13(17)6-18-16(20)19-14/h5-8H,1-4H3. The van der Waals surface area contributed by atoms with Crippen LogP contribution in [0.1, 0.15) is 22.3 Å². The van der Waals surface area contributed by atoms with E-state index in [2.05, 4.69) is 59.7 Å². The van der Waals surface area contributed by atoms with Gasteiger partial charge in [-0.1, -0.05) is 6.07 Å². The Bertz CT molecular complexity index is 792. The summed E-state index contributed by atoms with van der Waals surface area (Å²) in [7, 11) is 0. The van der Waals surface area contributed by atoms with E-state index in [0.717, 1.165) is 15.9 Å². The van der Waals surface area contributed by atoms with Crippen molar-refractivity contribution < 1.29 is 0 Å². The molecule has 0 saturated carbocycles. The van der Waals surface area contributed by atoms with Gasteiger partial charge in [-0.05, 0) is 65.9 Å². The minimum atomic E-state index is 0.723.